The lowest BCUT2D eigenvalue weighted by atomic mass is 9.88. The Bertz CT molecular complexity index is 580. The van der Waals surface area contributed by atoms with Crippen LogP contribution in [0, 0.1) is 18.8 Å². The summed E-state index contributed by atoms with van der Waals surface area (Å²) in [4.78, 5) is 27.1. The van der Waals surface area contributed by atoms with E-state index in [0.717, 1.165) is 18.4 Å². The normalized spacial score (nSPS) is 20.1. The number of rotatable bonds is 7. The van der Waals surface area contributed by atoms with Crippen molar-refractivity contribution < 1.29 is 9.59 Å². The molecule has 2 atom stereocenters. The topological polar surface area (TPSA) is 49.4 Å². The first kappa shape index (κ1) is 19.5. The molecule has 2 rings (SSSR count). The SMILES string of the molecule is CCCCNC(=O)C1CN(C(=O)CC(C)C)CC1c1ccc(C)cc1. The van der Waals surface area contributed by atoms with Gasteiger partial charge in [0.25, 0.3) is 0 Å². The van der Waals surface area contributed by atoms with Gasteiger partial charge in [0.05, 0.1) is 5.92 Å². The van der Waals surface area contributed by atoms with Crippen molar-refractivity contribution in [2.75, 3.05) is 19.6 Å². The van der Waals surface area contributed by atoms with Crippen molar-refractivity contribution in [1.82, 2.24) is 10.2 Å². The summed E-state index contributed by atoms with van der Waals surface area (Å²) in [7, 11) is 0. The Hall–Kier alpha value is -1.84. The Morgan fingerprint density at radius 2 is 1.88 bits per heavy atom. The summed E-state index contributed by atoms with van der Waals surface area (Å²) in [6.07, 6.45) is 2.60. The van der Waals surface area contributed by atoms with Gasteiger partial charge in [-0.2, -0.15) is 0 Å². The highest BCUT2D eigenvalue weighted by molar-refractivity contribution is 5.83. The summed E-state index contributed by atoms with van der Waals surface area (Å²) >= 11 is 0. The first-order valence-electron chi connectivity index (χ1n) is 9.54. The summed E-state index contributed by atoms with van der Waals surface area (Å²) in [5.74, 6) is 0.506. The van der Waals surface area contributed by atoms with Gasteiger partial charge in [0.1, 0.15) is 0 Å². The molecule has 0 saturated carbocycles. The molecule has 1 aliphatic rings. The van der Waals surface area contributed by atoms with E-state index in [1.54, 1.807) is 0 Å². The number of nitrogens with zero attached hydrogens (tertiary/aromatic N) is 1. The van der Waals surface area contributed by atoms with Crippen molar-refractivity contribution in [3.05, 3.63) is 35.4 Å². The molecule has 1 aliphatic heterocycles. The lowest BCUT2D eigenvalue weighted by Gasteiger charge is -2.18. The second-order valence-electron chi connectivity index (χ2n) is 7.66. The van der Waals surface area contributed by atoms with E-state index in [-0.39, 0.29) is 23.7 Å². The Labute approximate surface area is 152 Å². The van der Waals surface area contributed by atoms with E-state index in [2.05, 4.69) is 57.3 Å². The second-order valence-corrected chi connectivity index (χ2v) is 7.66. The summed E-state index contributed by atoms with van der Waals surface area (Å²) in [6.45, 7) is 10.2. The largest absolute Gasteiger partial charge is 0.356 e. The molecule has 138 valence electrons. The van der Waals surface area contributed by atoms with Gasteiger partial charge >= 0.3 is 0 Å². The first-order valence-corrected chi connectivity index (χ1v) is 9.54. The number of aryl methyl sites for hydroxylation is 1. The third kappa shape index (κ3) is 5.32. The Morgan fingerprint density at radius 3 is 2.48 bits per heavy atom. The fourth-order valence-electron chi connectivity index (χ4n) is 3.42. The minimum Gasteiger partial charge on any atom is -0.356 e. The molecule has 1 aromatic carbocycles. The van der Waals surface area contributed by atoms with Crippen molar-refractivity contribution in [3.8, 4) is 0 Å². The number of nitrogens with one attached hydrogen (secondary N) is 1. The molecule has 1 N–H and O–H groups in total. The van der Waals surface area contributed by atoms with Crippen LogP contribution in [-0.2, 0) is 9.59 Å². The number of carbonyl (C=O) groups is 2. The highest BCUT2D eigenvalue weighted by atomic mass is 16.2. The fourth-order valence-corrected chi connectivity index (χ4v) is 3.42. The number of amides is 2. The zero-order valence-corrected chi connectivity index (χ0v) is 16.0. The summed E-state index contributed by atoms with van der Waals surface area (Å²) in [5, 5.41) is 3.06. The number of hydrogen-bond acceptors (Lipinski definition) is 2. The molecule has 1 aromatic rings. The van der Waals surface area contributed by atoms with Crippen LogP contribution in [0.25, 0.3) is 0 Å². The molecule has 0 aromatic heterocycles. The maximum atomic E-state index is 12.7. The molecular formula is C21H32N2O2. The molecule has 0 bridgehead atoms. The Kier molecular flexibility index (Phi) is 7.03. The first-order chi connectivity index (χ1) is 11.9. The summed E-state index contributed by atoms with van der Waals surface area (Å²) < 4.78 is 0. The van der Waals surface area contributed by atoms with Crippen LogP contribution >= 0.6 is 0 Å². The number of likely N-dealkylation sites (tertiary alicyclic amines) is 1. The molecule has 2 amide bonds. The molecule has 1 heterocycles. The Balaban J connectivity index is 2.14. The quantitative estimate of drug-likeness (QED) is 0.770. The number of unbranched alkanes of at least 4 members (excludes halogenated alkanes) is 1. The van der Waals surface area contributed by atoms with Crippen LogP contribution in [0.4, 0.5) is 0 Å². The molecule has 2 unspecified atom stereocenters. The van der Waals surface area contributed by atoms with Crippen molar-refractivity contribution in [1.29, 1.82) is 0 Å². The predicted octanol–water partition coefficient (Wildman–Crippen LogP) is 3.50. The maximum Gasteiger partial charge on any atom is 0.225 e. The van der Waals surface area contributed by atoms with E-state index < -0.39 is 0 Å². The highest BCUT2D eigenvalue weighted by Gasteiger charge is 2.40. The van der Waals surface area contributed by atoms with Gasteiger partial charge < -0.3 is 10.2 Å². The number of benzene rings is 1. The van der Waals surface area contributed by atoms with Gasteiger partial charge in [-0.3, -0.25) is 9.59 Å². The second kappa shape index (κ2) is 9.02. The average Bonchev–Trinajstić information content (AvgIpc) is 3.00. The van der Waals surface area contributed by atoms with Crippen LogP contribution in [0.3, 0.4) is 0 Å². The third-order valence-corrected chi connectivity index (χ3v) is 4.93. The lowest BCUT2D eigenvalue weighted by Crippen LogP contribution is -2.36. The van der Waals surface area contributed by atoms with Crippen LogP contribution in [0.15, 0.2) is 24.3 Å². The minimum atomic E-state index is -0.157. The highest BCUT2D eigenvalue weighted by Crippen LogP contribution is 2.33. The summed E-state index contributed by atoms with van der Waals surface area (Å²) in [6, 6.07) is 8.37. The van der Waals surface area contributed by atoms with Gasteiger partial charge in [-0.15, -0.1) is 0 Å². The monoisotopic (exact) mass is 344 g/mol. The number of hydrogen-bond donors (Lipinski definition) is 1. The molecule has 1 fully saturated rings. The molecule has 25 heavy (non-hydrogen) atoms. The van der Waals surface area contributed by atoms with Crippen molar-refractivity contribution >= 4 is 11.8 Å². The van der Waals surface area contributed by atoms with Gasteiger partial charge in [0, 0.05) is 32.0 Å². The van der Waals surface area contributed by atoms with Crippen molar-refractivity contribution in [2.45, 2.75) is 52.9 Å². The molecule has 1 saturated heterocycles. The van der Waals surface area contributed by atoms with Crippen LogP contribution in [0.1, 0.15) is 57.1 Å². The maximum absolute atomic E-state index is 12.7. The van der Waals surface area contributed by atoms with Crippen molar-refractivity contribution in [3.63, 3.8) is 0 Å². The summed E-state index contributed by atoms with van der Waals surface area (Å²) in [5.41, 5.74) is 2.36. The molecule has 0 radical (unpaired) electrons. The molecule has 0 spiro atoms. The van der Waals surface area contributed by atoms with Crippen molar-refractivity contribution in [2.24, 2.45) is 11.8 Å². The average molecular weight is 344 g/mol. The molecule has 4 heteroatoms. The van der Waals surface area contributed by atoms with E-state index in [9.17, 15) is 9.59 Å². The number of carbonyl (C=O) groups excluding carboxylic acids is 2. The lowest BCUT2D eigenvalue weighted by molar-refractivity contribution is -0.131. The fraction of sp³-hybridized carbons (Fsp3) is 0.619. The minimum absolute atomic E-state index is 0.0818. The van der Waals surface area contributed by atoms with Crippen LogP contribution in [0.5, 0.6) is 0 Å². The standard InChI is InChI=1S/C21H32N2O2/c1-5-6-11-22-21(25)19-14-23(20(24)12-15(2)3)13-18(19)17-9-7-16(4)8-10-17/h7-10,15,18-19H,5-6,11-14H2,1-4H3,(H,22,25). The van der Waals surface area contributed by atoms with E-state index in [1.165, 1.54) is 5.56 Å². The van der Waals surface area contributed by atoms with Gasteiger partial charge in [-0.05, 0) is 24.8 Å². The van der Waals surface area contributed by atoms with Gasteiger partial charge in [-0.25, -0.2) is 0 Å². The zero-order valence-electron chi connectivity index (χ0n) is 16.0. The van der Waals surface area contributed by atoms with E-state index in [0.29, 0.717) is 32.0 Å². The predicted molar refractivity (Wildman–Crippen MR) is 101 cm³/mol. The zero-order chi connectivity index (χ0) is 18.4. The van der Waals surface area contributed by atoms with Gasteiger partial charge in [0.2, 0.25) is 11.8 Å². The van der Waals surface area contributed by atoms with E-state index in [1.807, 2.05) is 4.90 Å². The van der Waals surface area contributed by atoms with Crippen LogP contribution < -0.4 is 5.32 Å². The third-order valence-electron chi connectivity index (χ3n) is 4.93. The van der Waals surface area contributed by atoms with Gasteiger partial charge in [-0.1, -0.05) is 57.0 Å². The molecule has 0 aliphatic carbocycles. The Morgan fingerprint density at radius 1 is 1.20 bits per heavy atom. The van der Waals surface area contributed by atoms with E-state index in [4.69, 9.17) is 0 Å². The smallest absolute Gasteiger partial charge is 0.225 e. The van der Waals surface area contributed by atoms with E-state index >= 15 is 0 Å². The molecular weight excluding hydrogens is 312 g/mol. The van der Waals surface area contributed by atoms with Gasteiger partial charge in [0.15, 0.2) is 0 Å². The van der Waals surface area contributed by atoms with Crippen LogP contribution in [-0.4, -0.2) is 36.3 Å². The van der Waals surface area contributed by atoms with Crippen LogP contribution in [0.2, 0.25) is 0 Å². The molecule has 4 nitrogen and oxygen atoms in total.